The van der Waals surface area contributed by atoms with E-state index in [1.54, 1.807) is 13.8 Å². The molecule has 0 atom stereocenters. The summed E-state index contributed by atoms with van der Waals surface area (Å²) in [4.78, 5) is 40.7. The molecule has 2 N–H and O–H groups in total. The van der Waals surface area contributed by atoms with Crippen LogP contribution in [0.25, 0.3) is 0 Å². The van der Waals surface area contributed by atoms with Crippen LogP contribution in [-0.2, 0) is 28.2 Å². The van der Waals surface area contributed by atoms with Crippen LogP contribution in [0.5, 0.6) is 5.75 Å². The number of amides is 2. The van der Waals surface area contributed by atoms with E-state index in [9.17, 15) is 18.8 Å². The zero-order chi connectivity index (χ0) is 21.9. The van der Waals surface area contributed by atoms with E-state index < -0.39 is 17.3 Å². The van der Waals surface area contributed by atoms with Gasteiger partial charge in [0.05, 0.1) is 13.2 Å². The van der Waals surface area contributed by atoms with Gasteiger partial charge in [-0.15, -0.1) is 0 Å². The second kappa shape index (κ2) is 8.62. The molecular weight excluding hydrogens is 395 g/mol. The Hall–Kier alpha value is -3.27. The summed E-state index contributed by atoms with van der Waals surface area (Å²) < 4.78 is 26.1. The fraction of sp³-hybridized carbons (Fsp3) is 0.400. The number of rotatable bonds is 6. The number of hydrogen-bond donors (Lipinski definition) is 2. The molecule has 3 rings (SSSR count). The smallest absolute Gasteiger partial charge is 0.270 e. The van der Waals surface area contributed by atoms with Crippen molar-refractivity contribution in [2.75, 3.05) is 20.3 Å². The Bertz CT molecular complexity index is 1030. The van der Waals surface area contributed by atoms with Crippen molar-refractivity contribution in [2.24, 2.45) is 0 Å². The van der Waals surface area contributed by atoms with Crippen LogP contribution in [-0.4, -0.2) is 41.6 Å². The maximum atomic E-state index is 13.6. The van der Waals surface area contributed by atoms with Crippen LogP contribution in [0.2, 0.25) is 0 Å². The summed E-state index contributed by atoms with van der Waals surface area (Å²) in [7, 11) is 1.46. The number of hydrogen-bond acceptors (Lipinski definition) is 6. The fourth-order valence-corrected chi connectivity index (χ4v) is 3.04. The zero-order valence-corrected chi connectivity index (χ0v) is 17.0. The van der Waals surface area contributed by atoms with Crippen molar-refractivity contribution < 1.29 is 23.5 Å². The molecule has 1 aliphatic heterocycles. The quantitative estimate of drug-likeness (QED) is 0.715. The number of halogens is 1. The van der Waals surface area contributed by atoms with E-state index in [1.807, 2.05) is 0 Å². The predicted molar refractivity (Wildman–Crippen MR) is 105 cm³/mol. The van der Waals surface area contributed by atoms with Crippen LogP contribution >= 0.6 is 0 Å². The third-order valence-corrected chi connectivity index (χ3v) is 4.66. The lowest BCUT2D eigenvalue weighted by atomic mass is 10.1. The van der Waals surface area contributed by atoms with Crippen molar-refractivity contribution >= 4 is 11.8 Å². The van der Waals surface area contributed by atoms with E-state index in [0.717, 1.165) is 6.07 Å². The molecule has 0 unspecified atom stereocenters. The molecule has 1 aromatic carbocycles. The van der Waals surface area contributed by atoms with Crippen LogP contribution in [0.3, 0.4) is 0 Å². The number of nitrogens with zero attached hydrogens (tertiary/aromatic N) is 2. The topological polar surface area (TPSA) is 112 Å². The third kappa shape index (κ3) is 4.65. The number of benzene rings is 1. The molecule has 0 saturated heterocycles. The third-order valence-electron chi connectivity index (χ3n) is 4.66. The first kappa shape index (κ1) is 21.4. The Morgan fingerprint density at radius 2 is 2.10 bits per heavy atom. The predicted octanol–water partition coefficient (Wildman–Crippen LogP) is 0.702. The number of carbonyl (C=O) groups is 2. The van der Waals surface area contributed by atoms with Gasteiger partial charge in [-0.3, -0.25) is 19.0 Å². The Morgan fingerprint density at radius 3 is 2.83 bits per heavy atom. The molecule has 30 heavy (non-hydrogen) atoms. The Labute approximate surface area is 172 Å². The summed E-state index contributed by atoms with van der Waals surface area (Å²) in [6.07, 6.45) is 0. The van der Waals surface area contributed by atoms with E-state index in [0.29, 0.717) is 24.5 Å². The van der Waals surface area contributed by atoms with Gasteiger partial charge in [-0.1, -0.05) is 6.07 Å². The van der Waals surface area contributed by atoms with Crippen molar-refractivity contribution in [3.63, 3.8) is 0 Å². The molecule has 0 radical (unpaired) electrons. The molecule has 0 saturated carbocycles. The minimum Gasteiger partial charge on any atom is -0.483 e. The molecule has 0 aliphatic carbocycles. The van der Waals surface area contributed by atoms with Crippen LogP contribution in [0, 0.1) is 5.82 Å². The average molecular weight is 418 g/mol. The highest BCUT2D eigenvalue weighted by atomic mass is 19.1. The fourth-order valence-electron chi connectivity index (χ4n) is 3.04. The summed E-state index contributed by atoms with van der Waals surface area (Å²) in [6.45, 7) is 4.01. The molecule has 0 bridgehead atoms. The van der Waals surface area contributed by atoms with Crippen molar-refractivity contribution in [3.8, 4) is 5.75 Å². The summed E-state index contributed by atoms with van der Waals surface area (Å²) >= 11 is 0. The summed E-state index contributed by atoms with van der Waals surface area (Å²) in [5.41, 5.74) is -0.712. The van der Waals surface area contributed by atoms with Gasteiger partial charge in [0, 0.05) is 31.3 Å². The van der Waals surface area contributed by atoms with Gasteiger partial charge >= 0.3 is 0 Å². The van der Waals surface area contributed by atoms with Gasteiger partial charge in [-0.2, -0.15) is 0 Å². The van der Waals surface area contributed by atoms with E-state index in [2.05, 4.69) is 15.6 Å². The highest BCUT2D eigenvalue weighted by molar-refractivity contribution is 5.92. The van der Waals surface area contributed by atoms with Gasteiger partial charge in [-0.05, 0) is 19.9 Å². The molecule has 10 heteroatoms. The normalized spacial score (nSPS) is 14.5. The van der Waals surface area contributed by atoms with Crippen molar-refractivity contribution in [2.45, 2.75) is 32.5 Å². The van der Waals surface area contributed by atoms with Crippen molar-refractivity contribution in [3.05, 3.63) is 57.5 Å². The molecule has 1 aromatic heterocycles. The monoisotopic (exact) mass is 418 g/mol. The summed E-state index contributed by atoms with van der Waals surface area (Å²) in [5.74, 6) is -0.977. The summed E-state index contributed by atoms with van der Waals surface area (Å²) in [6, 6.07) is 4.97. The first-order chi connectivity index (χ1) is 14.2. The van der Waals surface area contributed by atoms with Crippen LogP contribution in [0.4, 0.5) is 4.39 Å². The molecule has 0 fully saturated rings. The van der Waals surface area contributed by atoms with Crippen LogP contribution < -0.4 is 20.9 Å². The van der Waals surface area contributed by atoms with Gasteiger partial charge in [0.2, 0.25) is 0 Å². The first-order valence-corrected chi connectivity index (χ1v) is 9.37. The van der Waals surface area contributed by atoms with E-state index in [1.165, 1.54) is 29.8 Å². The Morgan fingerprint density at radius 1 is 1.33 bits per heavy atom. The first-order valence-electron chi connectivity index (χ1n) is 9.37. The molecule has 0 spiro atoms. The number of ether oxygens (including phenoxy) is 2. The van der Waals surface area contributed by atoms with E-state index in [4.69, 9.17) is 9.47 Å². The molecule has 2 aromatic rings. The number of aromatic nitrogens is 2. The molecule has 2 heterocycles. The average Bonchev–Trinajstić information content (AvgIpc) is 2.71. The molecule has 2 amide bonds. The lowest BCUT2D eigenvalue weighted by Crippen LogP contribution is -2.42. The van der Waals surface area contributed by atoms with Crippen molar-refractivity contribution in [1.29, 1.82) is 0 Å². The highest BCUT2D eigenvalue weighted by Crippen LogP contribution is 2.25. The van der Waals surface area contributed by atoms with Gasteiger partial charge in [0.1, 0.15) is 28.7 Å². The highest BCUT2D eigenvalue weighted by Gasteiger charge is 2.32. The SMILES string of the molecule is CNC(=O)COc1cc(F)ccc1CNC(=O)c1cc(=O)n2c(n1)C(C)(C)OCC2. The molecule has 160 valence electrons. The molecular formula is C20H23FN4O5. The largest absolute Gasteiger partial charge is 0.483 e. The second-order valence-corrected chi connectivity index (χ2v) is 7.21. The summed E-state index contributed by atoms with van der Waals surface area (Å²) in [5, 5.41) is 5.04. The Balaban J connectivity index is 1.77. The van der Waals surface area contributed by atoms with E-state index in [-0.39, 0.29) is 36.1 Å². The van der Waals surface area contributed by atoms with Crippen LogP contribution in [0.1, 0.15) is 35.7 Å². The zero-order valence-electron chi connectivity index (χ0n) is 17.0. The van der Waals surface area contributed by atoms with Crippen molar-refractivity contribution in [1.82, 2.24) is 20.2 Å². The number of fused-ring (bicyclic) bond motifs is 1. The van der Waals surface area contributed by atoms with Gasteiger partial charge < -0.3 is 20.1 Å². The standard InChI is InChI=1S/C20H23FN4O5/c1-20(2)19-24-14(9-17(27)25(19)6-7-30-20)18(28)23-10-12-4-5-13(21)8-15(12)29-11-16(26)22-3/h4-5,8-9H,6-7,10-11H2,1-3H3,(H,22,26)(H,23,28). The van der Waals surface area contributed by atoms with Gasteiger partial charge in [-0.25, -0.2) is 9.37 Å². The van der Waals surface area contributed by atoms with Gasteiger partial charge in [0.25, 0.3) is 17.4 Å². The molecule has 1 aliphatic rings. The molecule has 9 nitrogen and oxygen atoms in total. The lowest BCUT2D eigenvalue weighted by molar-refractivity contribution is -0.122. The maximum Gasteiger partial charge on any atom is 0.270 e. The number of carbonyl (C=O) groups excluding carboxylic acids is 2. The van der Waals surface area contributed by atoms with E-state index >= 15 is 0 Å². The minimum absolute atomic E-state index is 0.0117. The number of nitrogens with one attached hydrogen (secondary N) is 2. The van der Waals surface area contributed by atoms with Gasteiger partial charge in [0.15, 0.2) is 6.61 Å². The maximum absolute atomic E-state index is 13.6. The lowest BCUT2D eigenvalue weighted by Gasteiger charge is -2.32. The second-order valence-electron chi connectivity index (χ2n) is 7.21. The Kier molecular flexibility index (Phi) is 6.16. The minimum atomic E-state index is -0.800. The van der Waals surface area contributed by atoms with Crippen LogP contribution in [0.15, 0.2) is 29.1 Å². The number of likely N-dealkylation sites (N-methyl/N-ethyl adjacent to an activating group) is 1.